The van der Waals surface area contributed by atoms with Crippen molar-refractivity contribution in [3.8, 4) is 11.1 Å². The van der Waals surface area contributed by atoms with Crippen LogP contribution in [-0.2, 0) is 6.42 Å². The van der Waals surface area contributed by atoms with Gasteiger partial charge in [0.05, 0.1) is 23.9 Å². The van der Waals surface area contributed by atoms with E-state index in [1.165, 1.54) is 0 Å². The highest BCUT2D eigenvalue weighted by Crippen LogP contribution is 2.28. The van der Waals surface area contributed by atoms with Gasteiger partial charge in [0.25, 0.3) is 0 Å². The molecule has 5 heteroatoms. The zero-order valence-electron chi connectivity index (χ0n) is 15.2. The lowest BCUT2D eigenvalue weighted by molar-refractivity contribution is 0.276. The molecule has 0 fully saturated rings. The average Bonchev–Trinajstić information content (AvgIpc) is 3.15. The molecule has 0 aliphatic heterocycles. The summed E-state index contributed by atoms with van der Waals surface area (Å²) in [4.78, 5) is 4.38. The predicted octanol–water partition coefficient (Wildman–Crippen LogP) is 4.33. The second-order valence-corrected chi connectivity index (χ2v) is 6.54. The summed E-state index contributed by atoms with van der Waals surface area (Å²) in [7, 11) is 0. The third-order valence-electron chi connectivity index (χ3n) is 4.78. The zero-order chi connectivity index (χ0) is 18.6. The predicted molar refractivity (Wildman–Crippen MR) is 109 cm³/mol. The molecule has 0 saturated carbocycles. The molecule has 4 rings (SSSR count). The number of aromatic amines is 1. The van der Waals surface area contributed by atoms with Crippen LogP contribution in [0.5, 0.6) is 0 Å². The van der Waals surface area contributed by atoms with Gasteiger partial charge in [0.2, 0.25) is 0 Å². The lowest BCUT2D eigenvalue weighted by Gasteiger charge is -2.18. The molecule has 2 heterocycles. The Labute approximate surface area is 158 Å². The number of fused-ring (bicyclic) bond motifs is 1. The van der Waals surface area contributed by atoms with E-state index in [-0.39, 0.29) is 12.6 Å². The van der Waals surface area contributed by atoms with Gasteiger partial charge in [-0.2, -0.15) is 5.10 Å². The molecule has 0 radical (unpaired) electrons. The largest absolute Gasteiger partial charge is 0.394 e. The van der Waals surface area contributed by atoms with Crippen LogP contribution >= 0.6 is 0 Å². The van der Waals surface area contributed by atoms with E-state index in [0.717, 1.165) is 45.4 Å². The van der Waals surface area contributed by atoms with E-state index in [4.69, 9.17) is 0 Å². The fourth-order valence-corrected chi connectivity index (χ4v) is 3.31. The number of nitrogens with zero attached hydrogens (tertiary/aromatic N) is 2. The maximum absolute atomic E-state index is 9.79. The summed E-state index contributed by atoms with van der Waals surface area (Å²) in [6, 6.07) is 18.0. The highest BCUT2D eigenvalue weighted by atomic mass is 16.3. The minimum Gasteiger partial charge on any atom is -0.394 e. The fraction of sp³-hybridized carbons (Fsp3) is 0.182. The summed E-state index contributed by atoms with van der Waals surface area (Å²) in [6.45, 7) is 2.12. The van der Waals surface area contributed by atoms with E-state index < -0.39 is 0 Å². The number of anilines is 1. The first kappa shape index (κ1) is 17.2. The SMILES string of the molecule is CCc1[nH]nc2ccc(-c3cncc(N[C@@H](CO)c4ccccc4)c3)cc12. The second kappa shape index (κ2) is 7.60. The Morgan fingerprint density at radius 1 is 1.04 bits per heavy atom. The van der Waals surface area contributed by atoms with E-state index in [1.54, 1.807) is 6.20 Å². The maximum Gasteiger partial charge on any atom is 0.0924 e. The van der Waals surface area contributed by atoms with Gasteiger partial charge in [-0.25, -0.2) is 0 Å². The molecular weight excluding hydrogens is 336 g/mol. The molecule has 4 aromatic rings. The smallest absolute Gasteiger partial charge is 0.0924 e. The first-order valence-corrected chi connectivity index (χ1v) is 9.13. The van der Waals surface area contributed by atoms with Gasteiger partial charge in [-0.05, 0) is 35.7 Å². The number of nitrogens with one attached hydrogen (secondary N) is 2. The molecule has 2 aromatic heterocycles. The van der Waals surface area contributed by atoms with Crippen molar-refractivity contribution in [2.45, 2.75) is 19.4 Å². The third kappa shape index (κ3) is 3.55. The molecule has 0 aliphatic rings. The zero-order valence-corrected chi connectivity index (χ0v) is 15.2. The lowest BCUT2D eigenvalue weighted by atomic mass is 10.0. The average molecular weight is 358 g/mol. The minimum absolute atomic E-state index is 0.00901. The van der Waals surface area contributed by atoms with Crippen LogP contribution in [0.25, 0.3) is 22.0 Å². The first-order valence-electron chi connectivity index (χ1n) is 9.13. The van der Waals surface area contributed by atoms with Crippen molar-refractivity contribution in [2.75, 3.05) is 11.9 Å². The van der Waals surface area contributed by atoms with Gasteiger partial charge in [0, 0.05) is 29.0 Å². The minimum atomic E-state index is -0.175. The summed E-state index contributed by atoms with van der Waals surface area (Å²) < 4.78 is 0. The van der Waals surface area contributed by atoms with Crippen molar-refractivity contribution in [3.05, 3.63) is 78.2 Å². The van der Waals surface area contributed by atoms with E-state index in [2.05, 4.69) is 45.6 Å². The van der Waals surface area contributed by atoms with Gasteiger partial charge in [0.1, 0.15) is 0 Å². The first-order chi connectivity index (χ1) is 13.3. The number of aliphatic hydroxyl groups excluding tert-OH is 1. The van der Waals surface area contributed by atoms with Crippen LogP contribution in [0.4, 0.5) is 5.69 Å². The topological polar surface area (TPSA) is 73.8 Å². The Morgan fingerprint density at radius 3 is 2.67 bits per heavy atom. The Kier molecular flexibility index (Phi) is 4.85. The number of H-pyrrole nitrogens is 1. The van der Waals surface area contributed by atoms with Gasteiger partial charge in [-0.3, -0.25) is 10.1 Å². The monoisotopic (exact) mass is 358 g/mol. The number of aliphatic hydroxyl groups is 1. The van der Waals surface area contributed by atoms with Crippen molar-refractivity contribution >= 4 is 16.6 Å². The van der Waals surface area contributed by atoms with Crippen molar-refractivity contribution in [1.82, 2.24) is 15.2 Å². The number of aromatic nitrogens is 3. The lowest BCUT2D eigenvalue weighted by Crippen LogP contribution is -2.14. The van der Waals surface area contributed by atoms with Crippen LogP contribution in [0.2, 0.25) is 0 Å². The van der Waals surface area contributed by atoms with Crippen LogP contribution in [0.15, 0.2) is 67.0 Å². The van der Waals surface area contributed by atoms with Gasteiger partial charge in [-0.1, -0.05) is 43.3 Å². The van der Waals surface area contributed by atoms with Crippen molar-refractivity contribution < 1.29 is 5.11 Å². The van der Waals surface area contributed by atoms with Gasteiger partial charge < -0.3 is 10.4 Å². The molecule has 5 nitrogen and oxygen atoms in total. The molecule has 3 N–H and O–H groups in total. The quantitative estimate of drug-likeness (QED) is 0.479. The van der Waals surface area contributed by atoms with Crippen molar-refractivity contribution in [1.29, 1.82) is 0 Å². The number of hydrogen-bond donors (Lipinski definition) is 3. The van der Waals surface area contributed by atoms with E-state index in [9.17, 15) is 5.11 Å². The van der Waals surface area contributed by atoms with Crippen LogP contribution in [0.3, 0.4) is 0 Å². The van der Waals surface area contributed by atoms with E-state index in [0.29, 0.717) is 0 Å². The molecule has 1 atom stereocenters. The molecule has 0 bridgehead atoms. The Hall–Kier alpha value is -3.18. The van der Waals surface area contributed by atoms with Gasteiger partial charge >= 0.3 is 0 Å². The number of rotatable bonds is 6. The summed E-state index contributed by atoms with van der Waals surface area (Å²) >= 11 is 0. The highest BCUT2D eigenvalue weighted by molar-refractivity contribution is 5.86. The van der Waals surface area contributed by atoms with Crippen molar-refractivity contribution in [2.24, 2.45) is 0 Å². The standard InChI is InChI=1S/C22H22N4O/c1-2-20-19-11-16(8-9-21(19)26-25-20)17-10-18(13-23-12-17)24-22(14-27)15-6-4-3-5-7-15/h3-13,22,24,27H,2,14H2,1H3,(H,25,26)/t22-/m0/s1. The third-order valence-corrected chi connectivity index (χ3v) is 4.78. The van der Waals surface area contributed by atoms with Gasteiger partial charge in [0.15, 0.2) is 0 Å². The van der Waals surface area contributed by atoms with Crippen LogP contribution in [-0.4, -0.2) is 26.9 Å². The fourth-order valence-electron chi connectivity index (χ4n) is 3.31. The van der Waals surface area contributed by atoms with E-state index >= 15 is 0 Å². The number of benzene rings is 2. The number of pyridine rings is 1. The molecule has 27 heavy (non-hydrogen) atoms. The highest BCUT2D eigenvalue weighted by Gasteiger charge is 2.11. The molecule has 2 aromatic carbocycles. The molecule has 0 aliphatic carbocycles. The van der Waals surface area contributed by atoms with Crippen LogP contribution in [0, 0.1) is 0 Å². The number of hydrogen-bond acceptors (Lipinski definition) is 4. The Bertz CT molecular complexity index is 1040. The van der Waals surface area contributed by atoms with E-state index in [1.807, 2.05) is 42.6 Å². The second-order valence-electron chi connectivity index (χ2n) is 6.54. The molecule has 0 spiro atoms. The van der Waals surface area contributed by atoms with Crippen LogP contribution < -0.4 is 5.32 Å². The summed E-state index contributed by atoms with van der Waals surface area (Å²) in [5.74, 6) is 0. The normalized spacial score (nSPS) is 12.2. The summed E-state index contributed by atoms with van der Waals surface area (Å²) in [5, 5.41) is 21.8. The summed E-state index contributed by atoms with van der Waals surface area (Å²) in [6.07, 6.45) is 4.55. The molecule has 0 saturated heterocycles. The molecule has 0 amide bonds. The summed E-state index contributed by atoms with van der Waals surface area (Å²) in [5.41, 5.74) is 6.14. The number of aryl methyl sites for hydroxylation is 1. The van der Waals surface area contributed by atoms with Gasteiger partial charge in [-0.15, -0.1) is 0 Å². The Morgan fingerprint density at radius 2 is 1.89 bits per heavy atom. The molecule has 136 valence electrons. The maximum atomic E-state index is 9.79. The van der Waals surface area contributed by atoms with Crippen LogP contribution in [0.1, 0.15) is 24.2 Å². The van der Waals surface area contributed by atoms with Crippen molar-refractivity contribution in [3.63, 3.8) is 0 Å². The Balaban J connectivity index is 1.64. The molecule has 0 unspecified atom stereocenters. The molecular formula is C22H22N4O.